The number of benzene rings is 12. The van der Waals surface area contributed by atoms with Crippen LogP contribution in [0.15, 0.2) is 278 Å². The Morgan fingerprint density at radius 1 is 0.302 bits per heavy atom. The highest BCUT2D eigenvalue weighted by Gasteiger charge is 2.48. The predicted octanol–water partition coefficient (Wildman–Crippen LogP) is 21.2. The number of halogens is 5. The van der Waals surface area contributed by atoms with Crippen molar-refractivity contribution < 1.29 is 26.4 Å². The molecule has 2 atom stereocenters. The molecule has 0 radical (unpaired) electrons. The number of anilines is 6. The van der Waals surface area contributed by atoms with Gasteiger partial charge in [0.1, 0.15) is 5.82 Å². The molecule has 13 aromatic rings. The number of furan rings is 1. The Hall–Kier alpha value is -10.8. The summed E-state index contributed by atoms with van der Waals surface area (Å²) < 4.78 is 86.6. The first kappa shape index (κ1) is 52.0. The monoisotopic (exact) mass is 1120 g/mol. The van der Waals surface area contributed by atoms with Gasteiger partial charge in [0.2, 0.25) is 0 Å². The molecule has 1 aromatic heterocycles. The molecule has 0 saturated carbocycles. The first-order chi connectivity index (χ1) is 42.1. The summed E-state index contributed by atoms with van der Waals surface area (Å²) in [5, 5.41) is 1.25. The van der Waals surface area contributed by atoms with Crippen LogP contribution < -0.4 is 9.80 Å². The molecule has 12 aromatic carbocycles. The Morgan fingerprint density at radius 3 is 1.21 bits per heavy atom. The lowest BCUT2D eigenvalue weighted by Gasteiger charge is -2.35. The van der Waals surface area contributed by atoms with Crippen LogP contribution >= 0.6 is 0 Å². The number of fused-ring (bicyclic) bond motifs is 9. The summed E-state index contributed by atoms with van der Waals surface area (Å²) in [5.41, 5.74) is 14.7. The molecule has 15 rings (SSSR count). The highest BCUT2D eigenvalue weighted by atomic mass is 19.2. The van der Waals surface area contributed by atoms with Crippen LogP contribution in [0.3, 0.4) is 0 Å². The van der Waals surface area contributed by atoms with Crippen molar-refractivity contribution in [3.05, 3.63) is 359 Å². The molecule has 86 heavy (non-hydrogen) atoms. The van der Waals surface area contributed by atoms with E-state index in [-0.39, 0.29) is 11.3 Å². The number of rotatable bonds is 12. The molecule has 1 heterocycles. The molecule has 0 spiro atoms. The quantitative estimate of drug-likeness (QED) is 0.0898. The third-order valence-electron chi connectivity index (χ3n) is 17.5. The third kappa shape index (κ3) is 7.72. The van der Waals surface area contributed by atoms with Crippen molar-refractivity contribution in [1.82, 2.24) is 0 Å². The lowest BCUT2D eigenvalue weighted by molar-refractivity contribution is 0.495. The van der Waals surface area contributed by atoms with Gasteiger partial charge in [-0.25, -0.2) is 22.0 Å². The minimum atomic E-state index is -1.34. The molecule has 0 aliphatic heterocycles. The number of hydrogen-bond acceptors (Lipinski definition) is 3. The number of para-hydroxylation sites is 2. The second kappa shape index (κ2) is 20.2. The zero-order valence-electron chi connectivity index (χ0n) is 46.1. The van der Waals surface area contributed by atoms with Gasteiger partial charge in [-0.1, -0.05) is 219 Å². The van der Waals surface area contributed by atoms with Crippen molar-refractivity contribution in [3.63, 3.8) is 0 Å². The zero-order valence-corrected chi connectivity index (χ0v) is 46.1. The highest BCUT2D eigenvalue weighted by molar-refractivity contribution is 6.14. The molecule has 0 bridgehead atoms. The number of hydrogen-bond donors (Lipinski definition) is 0. The van der Waals surface area contributed by atoms with Gasteiger partial charge in [0.25, 0.3) is 0 Å². The van der Waals surface area contributed by atoms with Crippen molar-refractivity contribution in [2.45, 2.75) is 10.8 Å². The predicted molar refractivity (Wildman–Crippen MR) is 338 cm³/mol. The van der Waals surface area contributed by atoms with Crippen molar-refractivity contribution >= 4 is 68.2 Å². The zero-order chi connectivity index (χ0) is 58.4. The second-order valence-corrected chi connectivity index (χ2v) is 21.8. The van der Waals surface area contributed by atoms with Gasteiger partial charge in [0, 0.05) is 46.0 Å². The standard InChI is InChI=1S/C78H49F5N2O/c1-3-48-29-33-52(34-30-48)77(50-17-7-5-8-18-50)63-25-13-11-21-57(63)59-40-37-54(43-65(59)77)84(56-39-42-67(79)68(80)45-56)72-27-15-23-61-62-24-16-28-73(76(62)86-75(61)72)85(74-47-70(82)69(81)46-71(74)83)55-38-41-60-58-22-12-14-26-64(58)78(66(60)44-55,51-19-9-6-10-20-51)53-35-31-49(4-2)32-36-53/h3-47H,1-2H2. The van der Waals surface area contributed by atoms with E-state index in [1.807, 2.05) is 132 Å². The van der Waals surface area contributed by atoms with Gasteiger partial charge in [-0.3, -0.25) is 0 Å². The van der Waals surface area contributed by atoms with E-state index in [2.05, 4.69) is 116 Å². The fraction of sp³-hybridized carbons (Fsp3) is 0.0256. The van der Waals surface area contributed by atoms with Crippen LogP contribution in [0, 0.1) is 29.1 Å². The van der Waals surface area contributed by atoms with E-state index in [1.165, 1.54) is 12.1 Å². The van der Waals surface area contributed by atoms with Gasteiger partial charge >= 0.3 is 0 Å². The Kier molecular flexibility index (Phi) is 12.2. The molecular weight excluding hydrogens is 1080 g/mol. The van der Waals surface area contributed by atoms with Gasteiger partial charge in [-0.05, 0) is 126 Å². The van der Waals surface area contributed by atoms with Gasteiger partial charge < -0.3 is 14.2 Å². The number of nitrogens with zero attached hydrogens (tertiary/aromatic N) is 2. The van der Waals surface area contributed by atoms with Crippen molar-refractivity contribution in [3.8, 4) is 22.3 Å². The minimum absolute atomic E-state index is 0.267. The van der Waals surface area contributed by atoms with E-state index in [9.17, 15) is 0 Å². The van der Waals surface area contributed by atoms with Crippen molar-refractivity contribution in [2.24, 2.45) is 0 Å². The average molecular weight is 1130 g/mol. The summed E-state index contributed by atoms with van der Waals surface area (Å²) in [6.07, 6.45) is 3.62. The van der Waals surface area contributed by atoms with E-state index in [0.29, 0.717) is 50.9 Å². The van der Waals surface area contributed by atoms with Crippen LogP contribution in [0.25, 0.3) is 56.3 Å². The van der Waals surface area contributed by atoms with Gasteiger partial charge in [0.05, 0.1) is 27.9 Å². The van der Waals surface area contributed by atoms with Crippen molar-refractivity contribution in [2.75, 3.05) is 9.80 Å². The Bertz CT molecular complexity index is 4880. The minimum Gasteiger partial charge on any atom is -0.452 e. The van der Waals surface area contributed by atoms with Crippen LogP contribution in [0.2, 0.25) is 0 Å². The molecule has 412 valence electrons. The van der Waals surface area contributed by atoms with Crippen LogP contribution in [-0.4, -0.2) is 0 Å². The lowest BCUT2D eigenvalue weighted by atomic mass is 9.67. The maximum Gasteiger partial charge on any atom is 0.161 e. The van der Waals surface area contributed by atoms with E-state index in [0.717, 1.165) is 90.0 Å². The summed E-state index contributed by atoms with van der Waals surface area (Å²) in [4.78, 5) is 3.44. The molecule has 0 amide bonds. The molecular formula is C78H49F5N2O. The van der Waals surface area contributed by atoms with E-state index >= 15 is 22.0 Å². The fourth-order valence-electron chi connectivity index (χ4n) is 13.8. The Balaban J connectivity index is 0.970. The van der Waals surface area contributed by atoms with Crippen LogP contribution in [0.4, 0.5) is 56.1 Å². The fourth-order valence-corrected chi connectivity index (χ4v) is 13.8. The average Bonchev–Trinajstić information content (AvgIpc) is 1.55. The maximum atomic E-state index is 17.0. The summed E-state index contributed by atoms with van der Waals surface area (Å²) in [5.74, 6) is -5.66. The van der Waals surface area contributed by atoms with E-state index in [1.54, 1.807) is 17.0 Å². The molecule has 0 fully saturated rings. The smallest absolute Gasteiger partial charge is 0.161 e. The van der Waals surface area contributed by atoms with Crippen LogP contribution in [0.5, 0.6) is 0 Å². The maximum absolute atomic E-state index is 17.0. The third-order valence-corrected chi connectivity index (χ3v) is 17.5. The molecule has 3 nitrogen and oxygen atoms in total. The molecule has 2 aliphatic carbocycles. The summed E-state index contributed by atoms with van der Waals surface area (Å²) in [6, 6.07) is 82.4. The summed E-state index contributed by atoms with van der Waals surface area (Å²) in [7, 11) is 0. The Labute approximate surface area is 493 Å². The van der Waals surface area contributed by atoms with E-state index < -0.39 is 39.9 Å². The molecule has 2 unspecified atom stereocenters. The van der Waals surface area contributed by atoms with Gasteiger partial charge in [0.15, 0.2) is 34.4 Å². The largest absolute Gasteiger partial charge is 0.452 e. The SMILES string of the molecule is C=Cc1ccc(C2(c3ccccc3)c3ccccc3-c3ccc(N(c4ccc(F)c(F)c4)c4cccc5c4oc4c(N(c6ccc7c(c6)C(c6ccccc6)(c6ccc(C=C)cc6)c6ccccc6-7)c6cc(F)c(F)cc6F)cccc45)cc32)cc1. The first-order valence-corrected chi connectivity index (χ1v) is 28.3. The lowest BCUT2D eigenvalue weighted by Crippen LogP contribution is -2.28. The van der Waals surface area contributed by atoms with Gasteiger partial charge in [-0.15, -0.1) is 0 Å². The molecule has 8 heteroatoms. The summed E-state index contributed by atoms with van der Waals surface area (Å²) >= 11 is 0. The molecule has 0 N–H and O–H groups in total. The first-order valence-electron chi connectivity index (χ1n) is 28.3. The summed E-state index contributed by atoms with van der Waals surface area (Å²) in [6.45, 7) is 8.04. The molecule has 0 saturated heterocycles. The highest BCUT2D eigenvalue weighted by Crippen LogP contribution is 2.60. The topological polar surface area (TPSA) is 19.6 Å². The van der Waals surface area contributed by atoms with Gasteiger partial charge in [-0.2, -0.15) is 0 Å². The second-order valence-electron chi connectivity index (χ2n) is 21.8. The van der Waals surface area contributed by atoms with Crippen molar-refractivity contribution in [1.29, 1.82) is 0 Å². The normalized spacial score (nSPS) is 15.5. The Morgan fingerprint density at radius 2 is 0.709 bits per heavy atom. The molecule has 2 aliphatic rings. The van der Waals surface area contributed by atoms with E-state index in [4.69, 9.17) is 4.42 Å². The van der Waals surface area contributed by atoms with Crippen LogP contribution in [0.1, 0.15) is 55.6 Å². The van der Waals surface area contributed by atoms with Crippen LogP contribution in [-0.2, 0) is 10.8 Å².